The number of hydrogen-bond acceptors (Lipinski definition) is 4. The molecule has 0 saturated heterocycles. The van der Waals surface area contributed by atoms with Crippen molar-refractivity contribution in [1.82, 2.24) is 19.6 Å². The first-order valence-corrected chi connectivity index (χ1v) is 10.1. The Kier molecular flexibility index (Phi) is 5.44. The molecule has 162 valence electrons. The number of thiophene rings is 1. The number of nitrogens with one attached hydrogen (secondary N) is 1. The molecule has 1 aromatic carbocycles. The molecule has 3 aromatic heterocycles. The lowest BCUT2D eigenvalue weighted by Crippen LogP contribution is -2.12. The Balaban J connectivity index is 1.56. The Morgan fingerprint density at radius 2 is 1.94 bits per heavy atom. The first kappa shape index (κ1) is 21.6. The number of hydrogen-bond donors (Lipinski definition) is 1. The third kappa shape index (κ3) is 4.25. The third-order valence-corrected chi connectivity index (χ3v) is 6.13. The molecule has 0 unspecified atom stereocenters. The molecule has 6 nitrogen and oxygen atoms in total. The summed E-state index contributed by atoms with van der Waals surface area (Å²) in [6.45, 7) is 0.165. The van der Waals surface area contributed by atoms with Crippen molar-refractivity contribution in [3.8, 4) is 0 Å². The van der Waals surface area contributed by atoms with Gasteiger partial charge in [-0.15, -0.1) is 11.3 Å². The van der Waals surface area contributed by atoms with E-state index in [1.807, 2.05) is 0 Å². The first-order chi connectivity index (χ1) is 14.5. The van der Waals surface area contributed by atoms with E-state index >= 15 is 0 Å². The van der Waals surface area contributed by atoms with Gasteiger partial charge in [0, 0.05) is 23.7 Å². The summed E-state index contributed by atoms with van der Waals surface area (Å²) >= 11 is 13.0. The molecule has 3 heterocycles. The van der Waals surface area contributed by atoms with Gasteiger partial charge < -0.3 is 5.32 Å². The minimum atomic E-state index is -4.64. The minimum Gasteiger partial charge on any atom is -0.303 e. The van der Waals surface area contributed by atoms with Gasteiger partial charge in [0.25, 0.3) is 5.91 Å². The van der Waals surface area contributed by atoms with E-state index in [0.29, 0.717) is 5.56 Å². The summed E-state index contributed by atoms with van der Waals surface area (Å²) in [5, 5.41) is 10.3. The third-order valence-electron chi connectivity index (χ3n) is 4.30. The van der Waals surface area contributed by atoms with Gasteiger partial charge in [-0.1, -0.05) is 29.3 Å². The highest BCUT2D eigenvalue weighted by Gasteiger charge is 2.37. The molecule has 0 aliphatic rings. The van der Waals surface area contributed by atoms with E-state index in [-0.39, 0.29) is 37.5 Å². The normalized spacial score (nSPS) is 12.0. The topological polar surface area (TPSA) is 64.7 Å². The number of aromatic nitrogens is 4. The molecule has 1 amide bonds. The van der Waals surface area contributed by atoms with Crippen LogP contribution in [0.3, 0.4) is 0 Å². The Hall–Kier alpha value is -2.63. The standard InChI is InChI=1S/C18H11Cl2F4N5OS/c1-28-17-10(14(26-28)18(22,23)24)5-13(31-17)16(30)25-15-12(20)7-29(27-15)6-8-2-3-9(21)4-11(8)19/h2-5,7H,6H2,1H3,(H,25,27,30). The molecule has 0 atom stereocenters. The van der Waals surface area contributed by atoms with Crippen LogP contribution in [0.25, 0.3) is 10.2 Å². The van der Waals surface area contributed by atoms with Gasteiger partial charge in [0.1, 0.15) is 15.7 Å². The van der Waals surface area contributed by atoms with Crippen molar-refractivity contribution < 1.29 is 22.4 Å². The summed E-state index contributed by atoms with van der Waals surface area (Å²) in [7, 11) is 1.37. The van der Waals surface area contributed by atoms with Gasteiger partial charge >= 0.3 is 6.18 Å². The summed E-state index contributed by atoms with van der Waals surface area (Å²) in [5.41, 5.74) is -0.476. The number of aryl methyl sites for hydroxylation is 1. The maximum Gasteiger partial charge on any atom is 0.435 e. The van der Waals surface area contributed by atoms with Crippen LogP contribution in [0.1, 0.15) is 20.9 Å². The first-order valence-electron chi connectivity index (χ1n) is 8.55. The highest BCUT2D eigenvalue weighted by molar-refractivity contribution is 7.20. The van der Waals surface area contributed by atoms with Crippen LogP contribution in [0.5, 0.6) is 0 Å². The molecular formula is C18H11Cl2F4N5OS. The number of halogens is 6. The quantitative estimate of drug-likeness (QED) is 0.378. The van der Waals surface area contributed by atoms with E-state index in [2.05, 4.69) is 15.5 Å². The molecule has 0 aliphatic carbocycles. The van der Waals surface area contributed by atoms with Gasteiger partial charge in [-0.05, 0) is 23.8 Å². The average molecular weight is 492 g/mol. The van der Waals surface area contributed by atoms with Crippen molar-refractivity contribution >= 4 is 56.5 Å². The number of alkyl halides is 3. The van der Waals surface area contributed by atoms with E-state index in [1.54, 1.807) is 0 Å². The Labute approximate surface area is 186 Å². The fourth-order valence-electron chi connectivity index (χ4n) is 2.92. The zero-order valence-electron chi connectivity index (χ0n) is 15.5. The van der Waals surface area contributed by atoms with E-state index in [4.69, 9.17) is 23.2 Å². The van der Waals surface area contributed by atoms with Gasteiger partial charge in [-0.25, -0.2) is 4.39 Å². The number of anilines is 1. The van der Waals surface area contributed by atoms with Crippen molar-refractivity contribution in [3.05, 3.63) is 62.5 Å². The van der Waals surface area contributed by atoms with E-state index in [1.165, 1.54) is 30.1 Å². The molecule has 0 bridgehead atoms. The van der Waals surface area contributed by atoms with E-state index in [0.717, 1.165) is 28.2 Å². The summed E-state index contributed by atoms with van der Waals surface area (Å²) in [5.74, 6) is -1.12. The maximum absolute atomic E-state index is 13.2. The van der Waals surface area contributed by atoms with Crippen LogP contribution in [-0.2, 0) is 19.8 Å². The Bertz CT molecular complexity index is 1310. The van der Waals surface area contributed by atoms with E-state index in [9.17, 15) is 22.4 Å². The van der Waals surface area contributed by atoms with Crippen LogP contribution in [0.15, 0.2) is 30.5 Å². The fraction of sp³-hybridized carbons (Fsp3) is 0.167. The van der Waals surface area contributed by atoms with Crippen molar-refractivity contribution in [1.29, 1.82) is 0 Å². The van der Waals surface area contributed by atoms with Gasteiger partial charge in [0.05, 0.1) is 11.4 Å². The predicted molar refractivity (Wildman–Crippen MR) is 109 cm³/mol. The summed E-state index contributed by atoms with van der Waals surface area (Å²) in [4.78, 5) is 12.8. The van der Waals surface area contributed by atoms with Crippen LogP contribution < -0.4 is 5.32 Å². The molecule has 4 aromatic rings. The fourth-order valence-corrected chi connectivity index (χ4v) is 4.31. The molecular weight excluding hydrogens is 481 g/mol. The number of fused-ring (bicyclic) bond motifs is 1. The van der Waals surface area contributed by atoms with Gasteiger partial charge in [0.2, 0.25) is 0 Å². The molecule has 0 radical (unpaired) electrons. The second-order valence-corrected chi connectivity index (χ2v) is 8.36. The van der Waals surface area contributed by atoms with Gasteiger partial charge in [-0.3, -0.25) is 14.2 Å². The molecule has 0 spiro atoms. The smallest absolute Gasteiger partial charge is 0.303 e. The number of nitrogens with zero attached hydrogens (tertiary/aromatic N) is 4. The SMILES string of the molecule is Cn1nc(C(F)(F)F)c2cc(C(=O)Nc3nn(Cc4ccc(F)cc4Cl)cc3Cl)sc21. The van der Waals surface area contributed by atoms with E-state index < -0.39 is 23.6 Å². The number of amides is 1. The van der Waals surface area contributed by atoms with Gasteiger partial charge in [0.15, 0.2) is 11.5 Å². The highest BCUT2D eigenvalue weighted by atomic mass is 35.5. The van der Waals surface area contributed by atoms with Crippen molar-refractivity contribution in [2.45, 2.75) is 12.7 Å². The van der Waals surface area contributed by atoms with Crippen molar-refractivity contribution in [2.75, 3.05) is 5.32 Å². The van der Waals surface area contributed by atoms with Crippen molar-refractivity contribution in [3.63, 3.8) is 0 Å². The average Bonchev–Trinajstić information content (AvgIpc) is 3.32. The largest absolute Gasteiger partial charge is 0.435 e. The summed E-state index contributed by atoms with van der Waals surface area (Å²) < 4.78 is 55.1. The van der Waals surface area contributed by atoms with Gasteiger partial charge in [-0.2, -0.15) is 23.4 Å². The zero-order chi connectivity index (χ0) is 22.5. The Morgan fingerprint density at radius 1 is 1.19 bits per heavy atom. The molecule has 0 fully saturated rings. The molecule has 1 N–H and O–H groups in total. The second-order valence-electron chi connectivity index (χ2n) is 6.51. The minimum absolute atomic E-state index is 0.0246. The van der Waals surface area contributed by atoms with Crippen LogP contribution in [0, 0.1) is 5.82 Å². The van der Waals surface area contributed by atoms with Crippen LogP contribution in [0.2, 0.25) is 10.0 Å². The molecule has 31 heavy (non-hydrogen) atoms. The number of benzene rings is 1. The number of rotatable bonds is 4. The predicted octanol–water partition coefficient (Wildman–Crippen LogP) is 5.60. The lowest BCUT2D eigenvalue weighted by atomic mass is 10.2. The number of carbonyl (C=O) groups is 1. The van der Waals surface area contributed by atoms with Crippen LogP contribution >= 0.6 is 34.5 Å². The summed E-state index contributed by atoms with van der Waals surface area (Å²) in [6.07, 6.45) is -3.20. The molecule has 4 rings (SSSR count). The summed E-state index contributed by atoms with van der Waals surface area (Å²) in [6, 6.07) is 5.04. The second kappa shape index (κ2) is 7.81. The number of carbonyl (C=O) groups excluding carboxylic acids is 1. The molecule has 0 saturated carbocycles. The monoisotopic (exact) mass is 491 g/mol. The van der Waals surface area contributed by atoms with Crippen molar-refractivity contribution in [2.24, 2.45) is 7.05 Å². The molecule has 13 heteroatoms. The lowest BCUT2D eigenvalue weighted by Gasteiger charge is -2.05. The Morgan fingerprint density at radius 3 is 2.61 bits per heavy atom. The zero-order valence-corrected chi connectivity index (χ0v) is 17.8. The van der Waals surface area contributed by atoms with Crippen LogP contribution in [-0.4, -0.2) is 25.5 Å². The maximum atomic E-state index is 13.2. The highest BCUT2D eigenvalue weighted by Crippen LogP contribution is 2.37. The lowest BCUT2D eigenvalue weighted by molar-refractivity contribution is -0.140. The van der Waals surface area contributed by atoms with Crippen LogP contribution in [0.4, 0.5) is 23.4 Å². The molecule has 0 aliphatic heterocycles.